The second kappa shape index (κ2) is 7.14. The number of sulfonamides is 1. The number of ether oxygens (including phenoxy) is 1. The molecule has 1 N–H and O–H groups in total. The predicted octanol–water partition coefficient (Wildman–Crippen LogP) is 4.11. The van der Waals surface area contributed by atoms with Crippen LogP contribution in [0.3, 0.4) is 0 Å². The van der Waals surface area contributed by atoms with Gasteiger partial charge in [0.2, 0.25) is 0 Å². The molecule has 1 aromatic heterocycles. The topological polar surface area (TPSA) is 85.6 Å². The van der Waals surface area contributed by atoms with Crippen molar-refractivity contribution in [1.82, 2.24) is 4.72 Å². The lowest BCUT2D eigenvalue weighted by Gasteiger charge is -2.11. The third-order valence-electron chi connectivity index (χ3n) is 4.62. The monoisotopic (exact) mass is 421 g/mol. The number of benzene rings is 2. The van der Waals surface area contributed by atoms with E-state index in [2.05, 4.69) is 0 Å². The van der Waals surface area contributed by atoms with Crippen LogP contribution in [0.4, 0.5) is 8.78 Å². The van der Waals surface area contributed by atoms with Crippen molar-refractivity contribution in [2.45, 2.75) is 30.6 Å². The van der Waals surface area contributed by atoms with Crippen molar-refractivity contribution in [2.75, 3.05) is 6.61 Å². The molecule has 1 fully saturated rings. The number of carbonyl (C=O) groups is 1. The summed E-state index contributed by atoms with van der Waals surface area (Å²) in [7, 11) is -4.46. The summed E-state index contributed by atoms with van der Waals surface area (Å²) in [6, 6.07) is 7.54. The second-order valence-electron chi connectivity index (χ2n) is 6.73. The van der Waals surface area contributed by atoms with Crippen molar-refractivity contribution in [3.8, 4) is 5.75 Å². The van der Waals surface area contributed by atoms with Crippen LogP contribution < -0.4 is 9.46 Å². The van der Waals surface area contributed by atoms with E-state index >= 15 is 0 Å². The van der Waals surface area contributed by atoms with Crippen molar-refractivity contribution in [3.63, 3.8) is 0 Å². The van der Waals surface area contributed by atoms with Gasteiger partial charge in [-0.1, -0.05) is 6.07 Å². The zero-order chi connectivity index (χ0) is 20.8. The molecule has 0 aliphatic heterocycles. The van der Waals surface area contributed by atoms with Crippen LogP contribution in [0.25, 0.3) is 11.0 Å². The Bertz CT molecular complexity index is 1220. The van der Waals surface area contributed by atoms with Crippen LogP contribution in [0.1, 0.15) is 41.8 Å². The number of fused-ring (bicyclic) bond motifs is 1. The Kier molecular flexibility index (Phi) is 4.77. The lowest BCUT2D eigenvalue weighted by Crippen LogP contribution is -2.30. The normalized spacial score (nSPS) is 14.2. The van der Waals surface area contributed by atoms with Gasteiger partial charge in [0.1, 0.15) is 16.3 Å². The maximum atomic E-state index is 14.3. The Morgan fingerprint density at radius 1 is 1.21 bits per heavy atom. The fraction of sp³-hybridized carbons (Fsp3) is 0.250. The predicted molar refractivity (Wildman–Crippen MR) is 100 cm³/mol. The Balaban J connectivity index is 1.65. The summed E-state index contributed by atoms with van der Waals surface area (Å²) in [5, 5.41) is 0.0812. The van der Waals surface area contributed by atoms with Crippen LogP contribution in [0, 0.1) is 11.6 Å². The first-order valence-corrected chi connectivity index (χ1v) is 10.5. The molecule has 0 atom stereocenters. The molecule has 6 nitrogen and oxygen atoms in total. The second-order valence-corrected chi connectivity index (χ2v) is 8.39. The third-order valence-corrected chi connectivity index (χ3v) is 5.97. The van der Waals surface area contributed by atoms with Crippen LogP contribution >= 0.6 is 0 Å². The SMILES string of the molecule is CCOc1c(F)cccc1S(=O)(=O)NC(=O)c1cc2c(F)cc(C3CC3)cc2o1. The molecule has 1 aliphatic rings. The van der Waals surface area contributed by atoms with Crippen LogP contribution in [-0.2, 0) is 10.0 Å². The summed E-state index contributed by atoms with van der Waals surface area (Å²) in [5.74, 6) is -3.09. The Hall–Kier alpha value is -2.94. The Morgan fingerprint density at radius 2 is 1.97 bits per heavy atom. The first-order valence-electron chi connectivity index (χ1n) is 9.01. The first kappa shape index (κ1) is 19.4. The van der Waals surface area contributed by atoms with Gasteiger partial charge in [-0.2, -0.15) is 0 Å². The van der Waals surface area contributed by atoms with Crippen molar-refractivity contribution >= 4 is 26.9 Å². The van der Waals surface area contributed by atoms with Gasteiger partial charge in [0.05, 0.1) is 12.0 Å². The van der Waals surface area contributed by atoms with Crippen molar-refractivity contribution < 1.29 is 31.1 Å². The number of amides is 1. The number of rotatable bonds is 6. The summed E-state index contributed by atoms with van der Waals surface area (Å²) in [4.78, 5) is 11.9. The van der Waals surface area contributed by atoms with Gasteiger partial charge in [0.15, 0.2) is 17.3 Å². The van der Waals surface area contributed by atoms with E-state index in [0.717, 1.165) is 36.6 Å². The van der Waals surface area contributed by atoms with Gasteiger partial charge in [0.25, 0.3) is 10.0 Å². The standard InChI is InChI=1S/C20H17F2NO5S/c1-2-27-19-14(21)4-3-5-18(19)29(25,26)23-20(24)17-10-13-15(22)8-12(11-6-7-11)9-16(13)28-17/h3-5,8-11H,2,6-7H2,1H3,(H,23,24). The van der Waals surface area contributed by atoms with E-state index in [9.17, 15) is 22.0 Å². The molecule has 1 amide bonds. The quantitative estimate of drug-likeness (QED) is 0.648. The number of furan rings is 1. The Labute approximate surface area is 165 Å². The van der Waals surface area contributed by atoms with Crippen LogP contribution in [-0.4, -0.2) is 20.9 Å². The molecule has 1 aliphatic carbocycles. The summed E-state index contributed by atoms with van der Waals surface area (Å²) >= 11 is 0. The summed E-state index contributed by atoms with van der Waals surface area (Å²) < 4.78 is 65.8. The fourth-order valence-corrected chi connectivity index (χ4v) is 4.21. The minimum Gasteiger partial charge on any atom is -0.489 e. The molecule has 1 heterocycles. The maximum absolute atomic E-state index is 14.3. The number of carbonyl (C=O) groups excluding carboxylic acids is 1. The number of hydrogen-bond donors (Lipinski definition) is 1. The zero-order valence-electron chi connectivity index (χ0n) is 15.4. The number of halogens is 2. The van der Waals surface area contributed by atoms with Gasteiger partial charge in [-0.15, -0.1) is 0 Å². The number of para-hydroxylation sites is 1. The van der Waals surface area contributed by atoms with E-state index < -0.39 is 38.2 Å². The molecule has 0 saturated heterocycles. The molecular formula is C20H17F2NO5S. The zero-order valence-corrected chi connectivity index (χ0v) is 16.2. The van der Waals surface area contributed by atoms with Crippen LogP contribution in [0.15, 0.2) is 45.7 Å². The highest BCUT2D eigenvalue weighted by molar-refractivity contribution is 7.90. The van der Waals surface area contributed by atoms with Gasteiger partial charge in [-0.25, -0.2) is 21.9 Å². The van der Waals surface area contributed by atoms with Crippen molar-refractivity contribution in [1.29, 1.82) is 0 Å². The van der Waals surface area contributed by atoms with Gasteiger partial charge in [0, 0.05) is 6.07 Å². The highest BCUT2D eigenvalue weighted by Gasteiger charge is 2.28. The molecule has 0 radical (unpaired) electrons. The third kappa shape index (κ3) is 3.69. The van der Waals surface area contributed by atoms with Gasteiger partial charge in [-0.05, 0) is 55.5 Å². The van der Waals surface area contributed by atoms with Gasteiger partial charge >= 0.3 is 5.91 Å². The summed E-state index contributed by atoms with van der Waals surface area (Å²) in [5.41, 5.74) is 0.945. The lowest BCUT2D eigenvalue weighted by atomic mass is 10.1. The average Bonchev–Trinajstić information content (AvgIpc) is 3.42. The molecule has 9 heteroatoms. The van der Waals surface area contributed by atoms with Crippen LogP contribution in [0.2, 0.25) is 0 Å². The van der Waals surface area contributed by atoms with E-state index in [0.29, 0.717) is 0 Å². The molecule has 2 aromatic carbocycles. The average molecular weight is 421 g/mol. The highest BCUT2D eigenvalue weighted by Crippen LogP contribution is 2.41. The van der Waals surface area contributed by atoms with E-state index in [1.807, 2.05) is 4.72 Å². The van der Waals surface area contributed by atoms with Gasteiger partial charge in [-0.3, -0.25) is 4.79 Å². The number of hydrogen-bond acceptors (Lipinski definition) is 5. The van der Waals surface area contributed by atoms with E-state index in [4.69, 9.17) is 9.15 Å². The number of nitrogens with one attached hydrogen (secondary N) is 1. The molecule has 0 spiro atoms. The fourth-order valence-electron chi connectivity index (χ4n) is 3.09. The summed E-state index contributed by atoms with van der Waals surface area (Å²) in [6.07, 6.45) is 1.93. The van der Waals surface area contributed by atoms with E-state index in [-0.39, 0.29) is 29.3 Å². The molecular weight excluding hydrogens is 404 g/mol. The highest BCUT2D eigenvalue weighted by atomic mass is 32.2. The molecule has 3 aromatic rings. The molecule has 1 saturated carbocycles. The van der Waals surface area contributed by atoms with E-state index in [1.165, 1.54) is 12.1 Å². The van der Waals surface area contributed by atoms with Crippen molar-refractivity contribution in [3.05, 3.63) is 59.4 Å². The van der Waals surface area contributed by atoms with Crippen LogP contribution in [0.5, 0.6) is 5.75 Å². The first-order chi connectivity index (χ1) is 13.8. The molecule has 29 heavy (non-hydrogen) atoms. The molecule has 4 rings (SSSR count). The smallest absolute Gasteiger partial charge is 0.300 e. The summed E-state index contributed by atoms with van der Waals surface area (Å²) in [6.45, 7) is 1.60. The lowest BCUT2D eigenvalue weighted by molar-refractivity contribution is 0.0956. The van der Waals surface area contributed by atoms with Gasteiger partial charge < -0.3 is 9.15 Å². The molecule has 0 bridgehead atoms. The largest absolute Gasteiger partial charge is 0.489 e. The minimum absolute atomic E-state index is 0.0313. The Morgan fingerprint density at radius 3 is 2.66 bits per heavy atom. The maximum Gasteiger partial charge on any atom is 0.300 e. The van der Waals surface area contributed by atoms with Crippen molar-refractivity contribution in [2.24, 2.45) is 0 Å². The molecule has 152 valence electrons. The van der Waals surface area contributed by atoms with E-state index in [1.54, 1.807) is 13.0 Å². The minimum atomic E-state index is -4.46. The molecule has 0 unspecified atom stereocenters.